The summed E-state index contributed by atoms with van der Waals surface area (Å²) in [7, 11) is 0. The van der Waals surface area contributed by atoms with Crippen molar-refractivity contribution in [2.45, 2.75) is 26.2 Å². The normalized spacial score (nSPS) is 10.0. The molecule has 2 heteroatoms. The molecule has 0 unspecified atom stereocenters. The summed E-state index contributed by atoms with van der Waals surface area (Å²) >= 11 is 0. The standard InChI is InChI=1S/C11H16FN/c1-2-3-6-9-13-11-8-5-4-7-10(11)12/h4-5,7-8,13H,2-3,6,9H2,1H3. The van der Waals surface area contributed by atoms with Gasteiger partial charge in [-0.15, -0.1) is 0 Å². The van der Waals surface area contributed by atoms with Gasteiger partial charge < -0.3 is 5.32 Å². The fraction of sp³-hybridized carbons (Fsp3) is 0.455. The van der Waals surface area contributed by atoms with E-state index in [-0.39, 0.29) is 5.82 Å². The summed E-state index contributed by atoms with van der Waals surface area (Å²) in [6.45, 7) is 3.01. The van der Waals surface area contributed by atoms with E-state index in [9.17, 15) is 4.39 Å². The maximum absolute atomic E-state index is 13.0. The van der Waals surface area contributed by atoms with Crippen molar-refractivity contribution in [1.29, 1.82) is 0 Å². The van der Waals surface area contributed by atoms with E-state index >= 15 is 0 Å². The minimum Gasteiger partial charge on any atom is -0.383 e. The molecule has 0 amide bonds. The van der Waals surface area contributed by atoms with Crippen LogP contribution in [0.5, 0.6) is 0 Å². The van der Waals surface area contributed by atoms with Gasteiger partial charge in [0.05, 0.1) is 5.69 Å². The highest BCUT2D eigenvalue weighted by atomic mass is 19.1. The molecule has 0 saturated heterocycles. The van der Waals surface area contributed by atoms with Crippen LogP contribution < -0.4 is 5.32 Å². The van der Waals surface area contributed by atoms with Crippen LogP contribution in [0.15, 0.2) is 24.3 Å². The van der Waals surface area contributed by atoms with Gasteiger partial charge in [-0.1, -0.05) is 31.9 Å². The summed E-state index contributed by atoms with van der Waals surface area (Å²) in [5.74, 6) is -0.168. The van der Waals surface area contributed by atoms with Crippen LogP contribution in [0.25, 0.3) is 0 Å². The molecular weight excluding hydrogens is 165 g/mol. The Bertz CT molecular complexity index is 248. The molecular formula is C11H16FN. The molecule has 0 aliphatic heterocycles. The summed E-state index contributed by atoms with van der Waals surface area (Å²) in [6, 6.07) is 6.78. The number of unbranched alkanes of at least 4 members (excludes halogenated alkanes) is 2. The number of rotatable bonds is 5. The lowest BCUT2D eigenvalue weighted by Crippen LogP contribution is -2.02. The Balaban J connectivity index is 2.32. The van der Waals surface area contributed by atoms with Gasteiger partial charge in [-0.2, -0.15) is 0 Å². The van der Waals surface area contributed by atoms with Crippen LogP contribution >= 0.6 is 0 Å². The predicted molar refractivity (Wildman–Crippen MR) is 54.4 cm³/mol. The molecule has 0 fully saturated rings. The second-order valence-electron chi connectivity index (χ2n) is 3.11. The highest BCUT2D eigenvalue weighted by Gasteiger charge is 1.97. The van der Waals surface area contributed by atoms with Crippen molar-refractivity contribution >= 4 is 5.69 Å². The van der Waals surface area contributed by atoms with Crippen molar-refractivity contribution in [3.8, 4) is 0 Å². The predicted octanol–water partition coefficient (Wildman–Crippen LogP) is 3.43. The fourth-order valence-corrected chi connectivity index (χ4v) is 1.20. The molecule has 0 bridgehead atoms. The first-order chi connectivity index (χ1) is 6.34. The van der Waals surface area contributed by atoms with E-state index in [2.05, 4.69) is 12.2 Å². The van der Waals surface area contributed by atoms with Crippen molar-refractivity contribution in [3.05, 3.63) is 30.1 Å². The number of para-hydroxylation sites is 1. The minimum atomic E-state index is -0.168. The molecule has 13 heavy (non-hydrogen) atoms. The van der Waals surface area contributed by atoms with Crippen molar-refractivity contribution in [3.63, 3.8) is 0 Å². The van der Waals surface area contributed by atoms with E-state index in [4.69, 9.17) is 0 Å². The topological polar surface area (TPSA) is 12.0 Å². The Morgan fingerprint density at radius 1 is 1.23 bits per heavy atom. The molecule has 0 atom stereocenters. The third kappa shape index (κ3) is 3.45. The molecule has 1 aromatic carbocycles. The third-order valence-electron chi connectivity index (χ3n) is 1.97. The van der Waals surface area contributed by atoms with Gasteiger partial charge in [0, 0.05) is 6.54 Å². The smallest absolute Gasteiger partial charge is 0.146 e. The molecule has 1 aromatic rings. The SMILES string of the molecule is CCCCCNc1ccccc1F. The Labute approximate surface area is 79.0 Å². The monoisotopic (exact) mass is 181 g/mol. The van der Waals surface area contributed by atoms with Crippen LogP contribution in [0.2, 0.25) is 0 Å². The van der Waals surface area contributed by atoms with Crippen LogP contribution in [-0.4, -0.2) is 6.54 Å². The van der Waals surface area contributed by atoms with Crippen LogP contribution in [0.3, 0.4) is 0 Å². The van der Waals surface area contributed by atoms with Crippen LogP contribution in [0.1, 0.15) is 26.2 Å². The molecule has 72 valence electrons. The van der Waals surface area contributed by atoms with Gasteiger partial charge in [-0.05, 0) is 18.6 Å². The molecule has 0 heterocycles. The summed E-state index contributed by atoms with van der Waals surface area (Å²) < 4.78 is 13.0. The lowest BCUT2D eigenvalue weighted by molar-refractivity contribution is 0.628. The van der Waals surface area contributed by atoms with Crippen molar-refractivity contribution < 1.29 is 4.39 Å². The molecule has 0 radical (unpaired) electrons. The Morgan fingerprint density at radius 2 is 2.00 bits per heavy atom. The minimum absolute atomic E-state index is 0.168. The average Bonchev–Trinajstić information content (AvgIpc) is 2.15. The van der Waals surface area contributed by atoms with Gasteiger partial charge in [0.2, 0.25) is 0 Å². The number of anilines is 1. The van der Waals surface area contributed by atoms with E-state index in [1.165, 1.54) is 18.9 Å². The van der Waals surface area contributed by atoms with Crippen molar-refractivity contribution in [1.82, 2.24) is 0 Å². The van der Waals surface area contributed by atoms with Crippen LogP contribution in [0, 0.1) is 5.82 Å². The fourth-order valence-electron chi connectivity index (χ4n) is 1.20. The largest absolute Gasteiger partial charge is 0.383 e. The number of benzene rings is 1. The number of halogens is 1. The average molecular weight is 181 g/mol. The van der Waals surface area contributed by atoms with Gasteiger partial charge in [0.15, 0.2) is 0 Å². The Hall–Kier alpha value is -1.05. The first-order valence-corrected chi connectivity index (χ1v) is 4.83. The molecule has 0 saturated carbocycles. The van der Waals surface area contributed by atoms with Crippen molar-refractivity contribution in [2.24, 2.45) is 0 Å². The van der Waals surface area contributed by atoms with Gasteiger partial charge >= 0.3 is 0 Å². The quantitative estimate of drug-likeness (QED) is 0.686. The van der Waals surface area contributed by atoms with Crippen molar-refractivity contribution in [2.75, 3.05) is 11.9 Å². The number of hydrogen-bond donors (Lipinski definition) is 1. The van der Waals surface area contributed by atoms with E-state index in [0.29, 0.717) is 5.69 Å². The van der Waals surface area contributed by atoms with Gasteiger partial charge in [0.1, 0.15) is 5.82 Å². The highest BCUT2D eigenvalue weighted by molar-refractivity contribution is 5.44. The molecule has 0 aromatic heterocycles. The second kappa shape index (κ2) is 5.57. The summed E-state index contributed by atoms with van der Waals surface area (Å²) in [5, 5.41) is 3.07. The number of nitrogens with one attached hydrogen (secondary N) is 1. The summed E-state index contributed by atoms with van der Waals surface area (Å²) in [4.78, 5) is 0. The second-order valence-corrected chi connectivity index (χ2v) is 3.11. The van der Waals surface area contributed by atoms with Gasteiger partial charge in [-0.3, -0.25) is 0 Å². The molecule has 1 N–H and O–H groups in total. The number of hydrogen-bond acceptors (Lipinski definition) is 1. The Morgan fingerprint density at radius 3 is 2.69 bits per heavy atom. The lowest BCUT2D eigenvalue weighted by atomic mass is 10.2. The maximum atomic E-state index is 13.0. The molecule has 0 aliphatic rings. The van der Waals surface area contributed by atoms with E-state index in [1.807, 2.05) is 6.07 Å². The van der Waals surface area contributed by atoms with E-state index in [1.54, 1.807) is 12.1 Å². The summed E-state index contributed by atoms with van der Waals surface area (Å²) in [5.41, 5.74) is 0.610. The Kier molecular flexibility index (Phi) is 4.30. The zero-order valence-electron chi connectivity index (χ0n) is 8.02. The van der Waals surface area contributed by atoms with E-state index < -0.39 is 0 Å². The molecule has 1 nitrogen and oxygen atoms in total. The maximum Gasteiger partial charge on any atom is 0.146 e. The van der Waals surface area contributed by atoms with E-state index in [0.717, 1.165) is 13.0 Å². The molecule has 1 rings (SSSR count). The summed E-state index contributed by atoms with van der Waals surface area (Å²) in [6.07, 6.45) is 3.49. The first kappa shape index (κ1) is 10.0. The van der Waals surface area contributed by atoms with Crippen LogP contribution in [-0.2, 0) is 0 Å². The highest BCUT2D eigenvalue weighted by Crippen LogP contribution is 2.12. The van der Waals surface area contributed by atoms with Crippen LogP contribution in [0.4, 0.5) is 10.1 Å². The zero-order chi connectivity index (χ0) is 9.52. The molecule has 0 spiro atoms. The molecule has 0 aliphatic carbocycles. The van der Waals surface area contributed by atoms with Gasteiger partial charge in [0.25, 0.3) is 0 Å². The zero-order valence-corrected chi connectivity index (χ0v) is 8.02. The first-order valence-electron chi connectivity index (χ1n) is 4.83. The van der Waals surface area contributed by atoms with Gasteiger partial charge in [-0.25, -0.2) is 4.39 Å². The lowest BCUT2D eigenvalue weighted by Gasteiger charge is -2.05. The third-order valence-corrected chi connectivity index (χ3v) is 1.97.